The van der Waals surface area contributed by atoms with Crippen molar-refractivity contribution in [2.75, 3.05) is 44.8 Å². The van der Waals surface area contributed by atoms with Gasteiger partial charge in [0.15, 0.2) is 0 Å². The highest BCUT2D eigenvalue weighted by atomic mass is 16.3. The van der Waals surface area contributed by atoms with Crippen LogP contribution in [0.3, 0.4) is 0 Å². The van der Waals surface area contributed by atoms with Crippen molar-refractivity contribution in [1.29, 1.82) is 0 Å². The molecule has 0 atom stereocenters. The molecule has 1 amide bonds. The molecule has 1 aliphatic heterocycles. The van der Waals surface area contributed by atoms with Crippen molar-refractivity contribution < 1.29 is 9.90 Å². The van der Waals surface area contributed by atoms with Crippen molar-refractivity contribution in [3.8, 4) is 0 Å². The Kier molecular flexibility index (Phi) is 5.28. The number of aliphatic hydroxyl groups excluding tert-OH is 1. The van der Waals surface area contributed by atoms with Crippen LogP contribution in [-0.4, -0.2) is 65.1 Å². The third-order valence-corrected chi connectivity index (χ3v) is 3.50. The van der Waals surface area contributed by atoms with Crippen LogP contribution in [0.1, 0.15) is 16.8 Å². The Bertz CT molecular complexity index is 454. The molecule has 0 radical (unpaired) electrons. The zero-order chi connectivity index (χ0) is 14.4. The molecule has 0 aliphatic carbocycles. The van der Waals surface area contributed by atoms with Gasteiger partial charge in [-0.15, -0.1) is 0 Å². The van der Waals surface area contributed by atoms with E-state index in [2.05, 4.69) is 15.3 Å². The summed E-state index contributed by atoms with van der Waals surface area (Å²) in [6.45, 7) is 3.87. The standard InChI is InChI=1S/C13H21N5O2/c14-16-12-10-15-3-2-11(12)13(20)18-5-1-4-17(6-7-18)8-9-19/h2-3,10,16,19H,1,4-9,14H2. The summed E-state index contributed by atoms with van der Waals surface area (Å²) in [6, 6.07) is 1.67. The number of nitrogens with zero attached hydrogens (tertiary/aromatic N) is 3. The molecule has 4 N–H and O–H groups in total. The van der Waals surface area contributed by atoms with Crippen LogP contribution < -0.4 is 11.3 Å². The van der Waals surface area contributed by atoms with Crippen LogP contribution in [0.2, 0.25) is 0 Å². The van der Waals surface area contributed by atoms with E-state index >= 15 is 0 Å². The number of rotatable bonds is 4. The Morgan fingerprint density at radius 1 is 1.40 bits per heavy atom. The van der Waals surface area contributed by atoms with Gasteiger partial charge in [0.2, 0.25) is 0 Å². The van der Waals surface area contributed by atoms with E-state index in [4.69, 9.17) is 10.9 Å². The van der Waals surface area contributed by atoms with E-state index in [0.717, 1.165) is 19.5 Å². The molecule has 1 aromatic rings. The number of aromatic nitrogens is 1. The molecule has 0 unspecified atom stereocenters. The fourth-order valence-electron chi connectivity index (χ4n) is 2.41. The number of anilines is 1. The molecule has 2 rings (SSSR count). The number of carbonyl (C=O) groups is 1. The van der Waals surface area contributed by atoms with Gasteiger partial charge in [0.25, 0.3) is 5.91 Å². The van der Waals surface area contributed by atoms with Crippen LogP contribution in [-0.2, 0) is 0 Å². The second kappa shape index (κ2) is 7.18. The number of amides is 1. The fourth-order valence-corrected chi connectivity index (χ4v) is 2.41. The number of hydrogen-bond acceptors (Lipinski definition) is 6. The molecule has 0 aromatic carbocycles. The Labute approximate surface area is 118 Å². The van der Waals surface area contributed by atoms with Crippen LogP contribution in [0.4, 0.5) is 5.69 Å². The molecule has 0 bridgehead atoms. The fraction of sp³-hybridized carbons (Fsp3) is 0.538. The quantitative estimate of drug-likeness (QED) is 0.508. The lowest BCUT2D eigenvalue weighted by Gasteiger charge is -2.22. The van der Waals surface area contributed by atoms with Gasteiger partial charge in [-0.05, 0) is 19.0 Å². The molecule has 20 heavy (non-hydrogen) atoms. The minimum absolute atomic E-state index is 0.0359. The number of carbonyl (C=O) groups excluding carboxylic acids is 1. The second-order valence-electron chi connectivity index (χ2n) is 4.78. The molecule has 1 fully saturated rings. The first-order chi connectivity index (χ1) is 9.76. The molecule has 2 heterocycles. The number of nitrogens with one attached hydrogen (secondary N) is 1. The monoisotopic (exact) mass is 279 g/mol. The maximum atomic E-state index is 12.5. The Hall–Kier alpha value is -1.70. The van der Waals surface area contributed by atoms with Gasteiger partial charge >= 0.3 is 0 Å². The summed E-state index contributed by atoms with van der Waals surface area (Å²) in [6.07, 6.45) is 4.04. The lowest BCUT2D eigenvalue weighted by Crippen LogP contribution is -2.36. The van der Waals surface area contributed by atoms with Crippen LogP contribution in [0.15, 0.2) is 18.5 Å². The summed E-state index contributed by atoms with van der Waals surface area (Å²) in [5.74, 6) is 5.38. The highest BCUT2D eigenvalue weighted by molar-refractivity contribution is 5.99. The Morgan fingerprint density at radius 3 is 3.00 bits per heavy atom. The molecule has 7 heteroatoms. The molecule has 110 valence electrons. The van der Waals surface area contributed by atoms with Crippen molar-refractivity contribution >= 4 is 11.6 Å². The lowest BCUT2D eigenvalue weighted by atomic mass is 10.2. The normalized spacial score (nSPS) is 16.8. The highest BCUT2D eigenvalue weighted by Gasteiger charge is 2.21. The Balaban J connectivity index is 2.05. The van der Waals surface area contributed by atoms with Gasteiger partial charge in [-0.3, -0.25) is 20.5 Å². The SMILES string of the molecule is NNc1cnccc1C(=O)N1CCCN(CCO)CC1. The molecule has 1 aromatic heterocycles. The van der Waals surface area contributed by atoms with Crippen LogP contribution >= 0.6 is 0 Å². The topological polar surface area (TPSA) is 94.7 Å². The van der Waals surface area contributed by atoms with Gasteiger partial charge in [0.05, 0.1) is 24.1 Å². The van der Waals surface area contributed by atoms with Crippen LogP contribution in [0.5, 0.6) is 0 Å². The van der Waals surface area contributed by atoms with Gasteiger partial charge in [-0.1, -0.05) is 0 Å². The number of aliphatic hydroxyl groups is 1. The highest BCUT2D eigenvalue weighted by Crippen LogP contribution is 2.16. The van der Waals surface area contributed by atoms with Gasteiger partial charge in [0.1, 0.15) is 0 Å². The summed E-state index contributed by atoms with van der Waals surface area (Å²) < 4.78 is 0. The molecule has 1 aliphatic rings. The first-order valence-corrected chi connectivity index (χ1v) is 6.79. The number of hydrazine groups is 1. The summed E-state index contributed by atoms with van der Waals surface area (Å²) in [5, 5.41) is 8.98. The number of nitrogens with two attached hydrogens (primary N) is 1. The maximum Gasteiger partial charge on any atom is 0.256 e. The van der Waals surface area contributed by atoms with Crippen LogP contribution in [0.25, 0.3) is 0 Å². The van der Waals surface area contributed by atoms with Crippen molar-refractivity contribution in [3.05, 3.63) is 24.0 Å². The lowest BCUT2D eigenvalue weighted by molar-refractivity contribution is 0.0761. The largest absolute Gasteiger partial charge is 0.395 e. The first kappa shape index (κ1) is 14.7. The number of pyridine rings is 1. The predicted molar refractivity (Wildman–Crippen MR) is 76.1 cm³/mol. The second-order valence-corrected chi connectivity index (χ2v) is 4.78. The maximum absolute atomic E-state index is 12.5. The van der Waals surface area contributed by atoms with E-state index in [-0.39, 0.29) is 12.5 Å². The summed E-state index contributed by atoms with van der Waals surface area (Å²) >= 11 is 0. The minimum atomic E-state index is -0.0359. The molecular formula is C13H21N5O2. The average Bonchev–Trinajstić information content (AvgIpc) is 2.72. The molecule has 0 spiro atoms. The molecule has 7 nitrogen and oxygen atoms in total. The van der Waals surface area contributed by atoms with E-state index in [1.807, 2.05) is 4.90 Å². The van der Waals surface area contributed by atoms with E-state index in [9.17, 15) is 4.79 Å². The van der Waals surface area contributed by atoms with E-state index in [1.54, 1.807) is 18.5 Å². The Morgan fingerprint density at radius 2 is 2.25 bits per heavy atom. The van der Waals surface area contributed by atoms with Gasteiger partial charge in [-0.2, -0.15) is 0 Å². The van der Waals surface area contributed by atoms with Crippen molar-refractivity contribution in [2.45, 2.75) is 6.42 Å². The first-order valence-electron chi connectivity index (χ1n) is 6.79. The minimum Gasteiger partial charge on any atom is -0.395 e. The third kappa shape index (κ3) is 3.44. The van der Waals surface area contributed by atoms with Gasteiger partial charge < -0.3 is 15.4 Å². The molecule has 1 saturated heterocycles. The summed E-state index contributed by atoms with van der Waals surface area (Å²) in [5.41, 5.74) is 3.58. The zero-order valence-corrected chi connectivity index (χ0v) is 11.5. The number of β-amino-alcohol motifs (C(OH)–C–C–N with tert-alkyl or cyclic N) is 1. The van der Waals surface area contributed by atoms with Gasteiger partial charge in [0, 0.05) is 32.4 Å². The zero-order valence-electron chi connectivity index (χ0n) is 11.5. The predicted octanol–water partition coefficient (Wildman–Crippen LogP) is -0.493. The third-order valence-electron chi connectivity index (χ3n) is 3.50. The number of nitrogen functional groups attached to an aromatic ring is 1. The smallest absolute Gasteiger partial charge is 0.256 e. The van der Waals surface area contributed by atoms with E-state index in [1.165, 1.54) is 0 Å². The van der Waals surface area contributed by atoms with Crippen LogP contribution in [0, 0.1) is 0 Å². The van der Waals surface area contributed by atoms with Crippen molar-refractivity contribution in [2.24, 2.45) is 5.84 Å². The number of hydrogen-bond donors (Lipinski definition) is 3. The summed E-state index contributed by atoms with van der Waals surface area (Å²) in [7, 11) is 0. The van der Waals surface area contributed by atoms with E-state index < -0.39 is 0 Å². The van der Waals surface area contributed by atoms with Crippen molar-refractivity contribution in [3.63, 3.8) is 0 Å². The summed E-state index contributed by atoms with van der Waals surface area (Å²) in [4.78, 5) is 20.5. The average molecular weight is 279 g/mol. The van der Waals surface area contributed by atoms with Gasteiger partial charge in [-0.25, -0.2) is 0 Å². The molecule has 0 saturated carbocycles. The van der Waals surface area contributed by atoms with Crippen molar-refractivity contribution in [1.82, 2.24) is 14.8 Å². The molecular weight excluding hydrogens is 258 g/mol. The van der Waals surface area contributed by atoms with E-state index in [0.29, 0.717) is 30.9 Å².